The summed E-state index contributed by atoms with van der Waals surface area (Å²) in [7, 11) is 0. The van der Waals surface area contributed by atoms with E-state index < -0.39 is 0 Å². The van der Waals surface area contributed by atoms with Gasteiger partial charge in [-0.15, -0.1) is 0 Å². The molecule has 1 unspecified atom stereocenters. The van der Waals surface area contributed by atoms with Crippen LogP contribution in [0.25, 0.3) is 0 Å². The molecule has 1 heterocycles. The molecule has 0 aromatic heterocycles. The van der Waals surface area contributed by atoms with Gasteiger partial charge in [0.2, 0.25) is 5.91 Å². The van der Waals surface area contributed by atoms with Gasteiger partial charge in [0.15, 0.2) is 0 Å². The van der Waals surface area contributed by atoms with Crippen molar-refractivity contribution in [3.05, 3.63) is 29.3 Å². The number of para-hydroxylation sites is 1. The van der Waals surface area contributed by atoms with Crippen LogP contribution >= 0.6 is 0 Å². The van der Waals surface area contributed by atoms with Gasteiger partial charge in [0.05, 0.1) is 6.54 Å². The van der Waals surface area contributed by atoms with Crippen molar-refractivity contribution in [2.24, 2.45) is 5.92 Å². The number of likely N-dealkylation sites (tertiary alicyclic amines) is 1. The lowest BCUT2D eigenvalue weighted by molar-refractivity contribution is -0.117. The molecule has 0 radical (unpaired) electrons. The predicted octanol–water partition coefficient (Wildman–Crippen LogP) is 1.56. The molecule has 1 aromatic carbocycles. The Morgan fingerprint density at radius 1 is 1.42 bits per heavy atom. The average molecular weight is 262 g/mol. The third-order valence-corrected chi connectivity index (χ3v) is 3.74. The van der Waals surface area contributed by atoms with Crippen LogP contribution in [0.2, 0.25) is 0 Å². The van der Waals surface area contributed by atoms with Crippen molar-refractivity contribution in [1.82, 2.24) is 4.90 Å². The lowest BCUT2D eigenvalue weighted by Crippen LogP contribution is -2.32. The zero-order valence-electron chi connectivity index (χ0n) is 11.6. The molecule has 0 bridgehead atoms. The smallest absolute Gasteiger partial charge is 0.238 e. The Labute approximate surface area is 114 Å². The summed E-state index contributed by atoms with van der Waals surface area (Å²) in [6.45, 7) is 6.34. The second-order valence-corrected chi connectivity index (χ2v) is 5.39. The van der Waals surface area contributed by atoms with Crippen molar-refractivity contribution >= 4 is 11.6 Å². The highest BCUT2D eigenvalue weighted by atomic mass is 16.3. The molecule has 19 heavy (non-hydrogen) atoms. The highest BCUT2D eigenvalue weighted by Gasteiger charge is 2.23. The Morgan fingerprint density at radius 3 is 2.68 bits per heavy atom. The van der Waals surface area contributed by atoms with Crippen LogP contribution < -0.4 is 5.32 Å². The van der Waals surface area contributed by atoms with Crippen LogP contribution in [0.15, 0.2) is 18.2 Å². The van der Waals surface area contributed by atoms with E-state index in [-0.39, 0.29) is 12.5 Å². The number of amides is 1. The Bertz CT molecular complexity index is 439. The van der Waals surface area contributed by atoms with E-state index in [1.807, 2.05) is 32.0 Å². The first-order valence-electron chi connectivity index (χ1n) is 6.79. The largest absolute Gasteiger partial charge is 0.396 e. The summed E-state index contributed by atoms with van der Waals surface area (Å²) in [6.07, 6.45) is 0.979. The summed E-state index contributed by atoms with van der Waals surface area (Å²) >= 11 is 0. The van der Waals surface area contributed by atoms with E-state index in [4.69, 9.17) is 5.11 Å². The van der Waals surface area contributed by atoms with Gasteiger partial charge in [-0.3, -0.25) is 9.69 Å². The minimum absolute atomic E-state index is 0.0241. The van der Waals surface area contributed by atoms with Gasteiger partial charge in [0.25, 0.3) is 0 Å². The third kappa shape index (κ3) is 3.55. The average Bonchev–Trinajstić information content (AvgIpc) is 2.81. The third-order valence-electron chi connectivity index (χ3n) is 3.74. The lowest BCUT2D eigenvalue weighted by Gasteiger charge is -2.17. The quantitative estimate of drug-likeness (QED) is 0.865. The van der Waals surface area contributed by atoms with Gasteiger partial charge in [0, 0.05) is 18.8 Å². The maximum Gasteiger partial charge on any atom is 0.238 e. The number of hydrogen-bond acceptors (Lipinski definition) is 3. The minimum Gasteiger partial charge on any atom is -0.396 e. The Morgan fingerprint density at radius 2 is 2.11 bits per heavy atom. The number of benzene rings is 1. The molecular weight excluding hydrogens is 240 g/mol. The normalized spacial score (nSPS) is 19.6. The molecule has 4 nitrogen and oxygen atoms in total. The number of hydrogen-bond donors (Lipinski definition) is 2. The van der Waals surface area contributed by atoms with Gasteiger partial charge in [-0.1, -0.05) is 18.2 Å². The van der Waals surface area contributed by atoms with Gasteiger partial charge >= 0.3 is 0 Å². The van der Waals surface area contributed by atoms with Gasteiger partial charge in [-0.25, -0.2) is 0 Å². The molecule has 1 saturated heterocycles. The second kappa shape index (κ2) is 6.17. The van der Waals surface area contributed by atoms with Gasteiger partial charge < -0.3 is 10.4 Å². The molecule has 0 spiro atoms. The van der Waals surface area contributed by atoms with Crippen LogP contribution in [0.1, 0.15) is 17.5 Å². The topological polar surface area (TPSA) is 52.6 Å². The van der Waals surface area contributed by atoms with Gasteiger partial charge in [0.1, 0.15) is 0 Å². The number of anilines is 1. The number of carbonyl (C=O) groups excluding carboxylic acids is 1. The number of aliphatic hydroxyl groups is 1. The van der Waals surface area contributed by atoms with E-state index in [9.17, 15) is 4.79 Å². The van der Waals surface area contributed by atoms with Crippen LogP contribution in [-0.4, -0.2) is 42.2 Å². The van der Waals surface area contributed by atoms with Crippen molar-refractivity contribution in [1.29, 1.82) is 0 Å². The maximum absolute atomic E-state index is 12.1. The fourth-order valence-corrected chi connectivity index (χ4v) is 2.60. The van der Waals surface area contributed by atoms with E-state index in [1.165, 1.54) is 0 Å². The summed E-state index contributed by atoms with van der Waals surface area (Å²) in [5, 5.41) is 12.1. The Hall–Kier alpha value is -1.39. The summed E-state index contributed by atoms with van der Waals surface area (Å²) in [6, 6.07) is 5.99. The van der Waals surface area contributed by atoms with E-state index in [1.54, 1.807) is 0 Å². The fourth-order valence-electron chi connectivity index (χ4n) is 2.60. The van der Waals surface area contributed by atoms with E-state index in [0.29, 0.717) is 12.5 Å². The zero-order valence-corrected chi connectivity index (χ0v) is 11.6. The molecule has 0 aliphatic carbocycles. The van der Waals surface area contributed by atoms with Crippen molar-refractivity contribution in [3.8, 4) is 0 Å². The van der Waals surface area contributed by atoms with Crippen LogP contribution in [0.4, 0.5) is 5.69 Å². The first kappa shape index (κ1) is 14.0. The fraction of sp³-hybridized carbons (Fsp3) is 0.533. The summed E-state index contributed by atoms with van der Waals surface area (Å²) in [5.41, 5.74) is 3.09. The molecule has 1 fully saturated rings. The number of carbonyl (C=O) groups is 1. The number of nitrogens with one attached hydrogen (secondary N) is 1. The zero-order chi connectivity index (χ0) is 13.8. The molecule has 1 amide bonds. The van der Waals surface area contributed by atoms with Crippen molar-refractivity contribution in [2.45, 2.75) is 20.3 Å². The first-order valence-corrected chi connectivity index (χ1v) is 6.79. The standard InChI is InChI=1S/C15H22N2O2/c1-11-4-3-5-12(2)15(11)16-14(19)9-17-7-6-13(8-17)10-18/h3-5,13,18H,6-10H2,1-2H3,(H,16,19). The van der Waals surface area contributed by atoms with E-state index in [2.05, 4.69) is 10.2 Å². The molecule has 104 valence electrons. The molecule has 1 aliphatic heterocycles. The molecule has 1 aromatic rings. The molecule has 2 rings (SSSR count). The van der Waals surface area contributed by atoms with Crippen LogP contribution in [0.3, 0.4) is 0 Å². The highest BCUT2D eigenvalue weighted by Crippen LogP contribution is 2.20. The number of aryl methyl sites for hydroxylation is 2. The van der Waals surface area contributed by atoms with Crippen LogP contribution in [0, 0.1) is 19.8 Å². The number of aliphatic hydroxyl groups excluding tert-OH is 1. The number of rotatable bonds is 4. The maximum atomic E-state index is 12.1. The first-order chi connectivity index (χ1) is 9.10. The van der Waals surface area contributed by atoms with Crippen molar-refractivity contribution in [2.75, 3.05) is 31.6 Å². The predicted molar refractivity (Wildman–Crippen MR) is 76.2 cm³/mol. The molecule has 4 heteroatoms. The molecule has 2 N–H and O–H groups in total. The Balaban J connectivity index is 1.91. The van der Waals surface area contributed by atoms with E-state index in [0.717, 1.165) is 36.3 Å². The monoisotopic (exact) mass is 262 g/mol. The molecule has 0 saturated carbocycles. The van der Waals surface area contributed by atoms with Crippen molar-refractivity contribution in [3.63, 3.8) is 0 Å². The van der Waals surface area contributed by atoms with Crippen LogP contribution in [0.5, 0.6) is 0 Å². The minimum atomic E-state index is 0.0241. The lowest BCUT2D eigenvalue weighted by atomic mass is 10.1. The Kier molecular flexibility index (Phi) is 4.56. The van der Waals surface area contributed by atoms with Crippen molar-refractivity contribution < 1.29 is 9.90 Å². The highest BCUT2D eigenvalue weighted by molar-refractivity contribution is 5.93. The number of nitrogens with zero attached hydrogens (tertiary/aromatic N) is 1. The molecule has 1 atom stereocenters. The molecular formula is C15H22N2O2. The second-order valence-electron chi connectivity index (χ2n) is 5.39. The van der Waals surface area contributed by atoms with E-state index >= 15 is 0 Å². The summed E-state index contributed by atoms with van der Waals surface area (Å²) in [5.74, 6) is 0.351. The van der Waals surface area contributed by atoms with Gasteiger partial charge in [-0.2, -0.15) is 0 Å². The van der Waals surface area contributed by atoms with Gasteiger partial charge in [-0.05, 0) is 43.9 Å². The van der Waals surface area contributed by atoms with Crippen LogP contribution in [-0.2, 0) is 4.79 Å². The SMILES string of the molecule is Cc1cccc(C)c1NC(=O)CN1CCC(CO)C1. The molecule has 1 aliphatic rings. The summed E-state index contributed by atoms with van der Waals surface area (Å²) in [4.78, 5) is 14.2. The summed E-state index contributed by atoms with van der Waals surface area (Å²) < 4.78 is 0.